The van der Waals surface area contributed by atoms with Crippen LogP contribution in [0.25, 0.3) is 0 Å². The minimum Gasteiger partial charge on any atom is -0.465 e. The number of rotatable bonds is 14. The summed E-state index contributed by atoms with van der Waals surface area (Å²) in [4.78, 5) is 52.7. The second kappa shape index (κ2) is 18.2. The second-order valence-corrected chi connectivity index (χ2v) is 21.4. The highest BCUT2D eigenvalue weighted by atomic mass is 17.3. The molecule has 10 aliphatic rings. The van der Waals surface area contributed by atoms with Crippen LogP contribution in [0, 0.1) is 47.3 Å². The maximum atomic E-state index is 13.0. The van der Waals surface area contributed by atoms with Crippen LogP contribution in [0.3, 0.4) is 0 Å². The van der Waals surface area contributed by atoms with Crippen molar-refractivity contribution in [2.24, 2.45) is 47.3 Å². The third-order valence-corrected chi connectivity index (χ3v) is 16.9. The molecule has 66 heavy (non-hydrogen) atoms. The molecule has 2 N–H and O–H groups in total. The van der Waals surface area contributed by atoms with E-state index in [0.717, 1.165) is 77.3 Å². The van der Waals surface area contributed by atoms with Gasteiger partial charge in [0.15, 0.2) is 23.8 Å². The molecule has 8 saturated heterocycles. The van der Waals surface area contributed by atoms with Crippen LogP contribution < -0.4 is 20.1 Å². The zero-order valence-electron chi connectivity index (χ0n) is 39.8. The lowest BCUT2D eigenvalue weighted by Crippen LogP contribution is -2.70. The number of nitrogens with zero attached hydrogens (tertiary/aromatic N) is 1. The third kappa shape index (κ3) is 8.35. The molecule has 0 aromatic heterocycles. The Labute approximate surface area is 389 Å². The summed E-state index contributed by atoms with van der Waals surface area (Å²) in [5.41, 5.74) is -0.145. The molecule has 15 nitrogen and oxygen atoms in total. The molecule has 2 saturated carbocycles. The van der Waals surface area contributed by atoms with E-state index in [1.165, 1.54) is 0 Å². The molecule has 2 spiro atoms. The number of ether oxygens (including phenoxy) is 6. The average Bonchev–Trinajstić information content (AvgIpc) is 3.68. The Hall–Kier alpha value is -3.38. The molecular weight excluding hydrogens is 847 g/mol. The van der Waals surface area contributed by atoms with Crippen molar-refractivity contribution in [3.05, 3.63) is 59.7 Å². The molecule has 8 heterocycles. The van der Waals surface area contributed by atoms with Crippen LogP contribution in [0.4, 0.5) is 0 Å². The highest BCUT2D eigenvalue weighted by Gasteiger charge is 2.71. The summed E-state index contributed by atoms with van der Waals surface area (Å²) < 4.78 is 39.0. The van der Waals surface area contributed by atoms with Crippen molar-refractivity contribution in [2.75, 3.05) is 33.2 Å². The van der Waals surface area contributed by atoms with Crippen LogP contribution in [0.1, 0.15) is 126 Å². The van der Waals surface area contributed by atoms with Gasteiger partial charge in [0.2, 0.25) is 24.2 Å². The van der Waals surface area contributed by atoms with Gasteiger partial charge in [0, 0.05) is 60.7 Å². The number of amides is 2. The first-order valence-corrected chi connectivity index (χ1v) is 24.9. The Kier molecular flexibility index (Phi) is 12.8. The lowest BCUT2D eigenvalue weighted by atomic mass is 9.58. The fourth-order valence-electron chi connectivity index (χ4n) is 13.1. The summed E-state index contributed by atoms with van der Waals surface area (Å²) >= 11 is 0. The predicted molar refractivity (Wildman–Crippen MR) is 239 cm³/mol. The smallest absolute Gasteiger partial charge is 0.251 e. The zero-order valence-corrected chi connectivity index (χ0v) is 39.8. The van der Waals surface area contributed by atoms with Crippen molar-refractivity contribution in [1.82, 2.24) is 15.5 Å². The van der Waals surface area contributed by atoms with Crippen LogP contribution in [0.15, 0.2) is 48.5 Å². The zero-order chi connectivity index (χ0) is 46.0. The van der Waals surface area contributed by atoms with Gasteiger partial charge in [0.25, 0.3) is 11.8 Å². The van der Waals surface area contributed by atoms with Crippen molar-refractivity contribution in [3.8, 4) is 11.5 Å². The van der Waals surface area contributed by atoms with Gasteiger partial charge >= 0.3 is 0 Å². The molecule has 2 aromatic carbocycles. The fraction of sp³-hybridized carbons (Fsp3) is 0.725. The van der Waals surface area contributed by atoms with E-state index in [4.69, 9.17) is 48.0 Å². The first-order chi connectivity index (χ1) is 31.7. The number of nitrogens with one attached hydrogen (secondary N) is 2. The van der Waals surface area contributed by atoms with Gasteiger partial charge < -0.3 is 44.0 Å². The molecular formula is C51H71N3O12. The molecule has 0 radical (unpaired) electrons. The van der Waals surface area contributed by atoms with E-state index in [9.17, 15) is 9.59 Å². The van der Waals surface area contributed by atoms with Crippen molar-refractivity contribution in [3.63, 3.8) is 0 Å². The van der Waals surface area contributed by atoms with E-state index in [0.29, 0.717) is 59.4 Å². The van der Waals surface area contributed by atoms with Crippen LogP contribution in [0.2, 0.25) is 0 Å². The molecule has 4 bridgehead atoms. The van der Waals surface area contributed by atoms with Crippen molar-refractivity contribution in [1.29, 1.82) is 0 Å². The van der Waals surface area contributed by atoms with Gasteiger partial charge in [-0.25, -0.2) is 19.6 Å². The molecule has 12 rings (SSSR count). The van der Waals surface area contributed by atoms with Gasteiger partial charge in [-0.15, -0.1) is 0 Å². The Bertz CT molecular complexity index is 1920. The van der Waals surface area contributed by atoms with Gasteiger partial charge in [-0.1, -0.05) is 27.7 Å². The van der Waals surface area contributed by atoms with Gasteiger partial charge in [0.05, 0.1) is 0 Å². The predicted octanol–water partition coefficient (Wildman–Crippen LogP) is 7.73. The number of hydrogen-bond donors (Lipinski definition) is 2. The van der Waals surface area contributed by atoms with Gasteiger partial charge in [-0.3, -0.25) is 9.59 Å². The second-order valence-electron chi connectivity index (χ2n) is 21.4. The highest BCUT2D eigenvalue weighted by molar-refractivity contribution is 5.94. The monoisotopic (exact) mass is 918 g/mol. The molecule has 2 amide bonds. The molecule has 16 atom stereocenters. The summed E-state index contributed by atoms with van der Waals surface area (Å²) in [6, 6.07) is 14.5. The average molecular weight is 918 g/mol. The van der Waals surface area contributed by atoms with E-state index < -0.39 is 47.9 Å². The molecule has 6 unspecified atom stereocenters. The molecule has 10 fully saturated rings. The lowest BCUT2D eigenvalue weighted by molar-refractivity contribution is -0.575. The Balaban J connectivity index is 0.626. The molecule has 2 aromatic rings. The largest absolute Gasteiger partial charge is 0.465 e. The first kappa shape index (κ1) is 46.4. The van der Waals surface area contributed by atoms with E-state index in [1.54, 1.807) is 24.3 Å². The van der Waals surface area contributed by atoms with Crippen LogP contribution in [-0.4, -0.2) is 97.9 Å². The summed E-state index contributed by atoms with van der Waals surface area (Å²) in [5, 5.41) is 6.09. The molecule has 8 aliphatic heterocycles. The third-order valence-electron chi connectivity index (χ3n) is 16.9. The first-order valence-electron chi connectivity index (χ1n) is 24.9. The van der Waals surface area contributed by atoms with Crippen LogP contribution >= 0.6 is 0 Å². The van der Waals surface area contributed by atoms with Crippen LogP contribution in [0.5, 0.6) is 11.5 Å². The van der Waals surface area contributed by atoms with E-state index >= 15 is 0 Å². The van der Waals surface area contributed by atoms with Crippen LogP contribution in [-0.2, 0) is 38.5 Å². The summed E-state index contributed by atoms with van der Waals surface area (Å²) in [5.74, 6) is 1.32. The van der Waals surface area contributed by atoms with Gasteiger partial charge in [0.1, 0.15) is 11.5 Å². The number of benzene rings is 2. The summed E-state index contributed by atoms with van der Waals surface area (Å²) in [6.45, 7) is 15.5. The van der Waals surface area contributed by atoms with E-state index in [2.05, 4.69) is 50.3 Å². The Morgan fingerprint density at radius 1 is 0.591 bits per heavy atom. The van der Waals surface area contributed by atoms with Crippen molar-refractivity contribution >= 4 is 11.8 Å². The minimum absolute atomic E-state index is 0.0465. The van der Waals surface area contributed by atoms with E-state index in [-0.39, 0.29) is 35.5 Å². The number of carbonyl (C=O) groups is 2. The number of hydrogen-bond acceptors (Lipinski definition) is 13. The topological polar surface area (TPSA) is 154 Å². The Morgan fingerprint density at radius 2 is 1.00 bits per heavy atom. The van der Waals surface area contributed by atoms with Gasteiger partial charge in [-0.2, -0.15) is 0 Å². The fourth-order valence-corrected chi connectivity index (χ4v) is 13.1. The van der Waals surface area contributed by atoms with Crippen molar-refractivity contribution in [2.45, 2.75) is 154 Å². The molecule has 362 valence electrons. The van der Waals surface area contributed by atoms with E-state index in [1.807, 2.05) is 38.1 Å². The van der Waals surface area contributed by atoms with Gasteiger partial charge in [-0.05, 0) is 158 Å². The summed E-state index contributed by atoms with van der Waals surface area (Å²) in [6.07, 6.45) is 7.10. The number of carbonyl (C=O) groups excluding carboxylic acids is 2. The minimum atomic E-state index is -0.841. The SMILES string of the molecule is C[C@@H]1CCC2[C@@H](C)[C@@H](Oc3ccc(C(=O)NCCCN(C)CCCNC(=O)c4ccc(O[C@H]5OC6O[C@]7(C)CCC8[C@H](C)CCC([C@H]5C)[C@@]68OO7)cc4)cc3)OC3O[C@]4(C)CCC1[C@]32OO4. The highest BCUT2D eigenvalue weighted by Crippen LogP contribution is 2.62. The van der Waals surface area contributed by atoms with Crippen molar-refractivity contribution < 1.29 is 57.6 Å². The molecule has 15 heteroatoms. The Morgan fingerprint density at radius 3 is 1.41 bits per heavy atom. The molecule has 2 aliphatic carbocycles. The lowest BCUT2D eigenvalue weighted by Gasteiger charge is -2.60. The summed E-state index contributed by atoms with van der Waals surface area (Å²) in [7, 11) is 2.05. The normalized spacial score (nSPS) is 42.1. The quantitative estimate of drug-likeness (QED) is 0.141. The number of fused-ring (bicyclic) bond motifs is 4. The standard InChI is InChI=1S/C51H71N3O12/c1-30-10-20-40-32(3)44(59-46-50(40)38(30)22-24-48(5,61-46)63-65-50)57-36-16-12-34(13-17-36)42(55)52-26-8-28-54(7)29-9-27-53-43(56)35-14-18-37(19-15-35)58-45-33(4)41-21-11-31(2)39-23-25-49(6)62-47(60-45)51(39,41)66-64-49/h12-19,30-33,38-41,44-47H,8-11,20-29H2,1-7H3,(H,52,55)(H,53,56)/t30-,31-,32-,33-,38?,39?,40?,41?,44+,45+,46?,47?,48+,49+,50-,51-/m1/s1. The maximum Gasteiger partial charge on any atom is 0.251 e. The maximum absolute atomic E-state index is 13.0.